The minimum atomic E-state index is -0.248. The first-order chi connectivity index (χ1) is 10.8. The van der Waals surface area contributed by atoms with Crippen molar-refractivity contribution in [1.29, 1.82) is 0 Å². The van der Waals surface area contributed by atoms with Gasteiger partial charge < -0.3 is 10.7 Å². The fraction of sp³-hybridized carbons (Fsp3) is 0. The van der Waals surface area contributed by atoms with Gasteiger partial charge in [-0.2, -0.15) is 0 Å². The number of hydrogen-bond acceptors (Lipinski definition) is 2. The van der Waals surface area contributed by atoms with Gasteiger partial charge in [0.25, 0.3) is 5.56 Å². The molecule has 0 spiro atoms. The van der Waals surface area contributed by atoms with E-state index in [4.69, 9.17) is 5.73 Å². The molecule has 3 N–H and O–H groups in total. The molecule has 4 rings (SSSR count). The predicted octanol–water partition coefficient (Wildman–Crippen LogP) is 3.93. The molecule has 1 heterocycles. The van der Waals surface area contributed by atoms with E-state index in [0.717, 1.165) is 32.8 Å². The van der Waals surface area contributed by atoms with Gasteiger partial charge in [0.05, 0.1) is 0 Å². The van der Waals surface area contributed by atoms with Gasteiger partial charge in [0.1, 0.15) is 5.69 Å². The maximum atomic E-state index is 12.2. The average molecular weight is 286 g/mol. The Labute approximate surface area is 127 Å². The molecule has 0 atom stereocenters. The van der Waals surface area contributed by atoms with Crippen LogP contribution in [-0.2, 0) is 0 Å². The molecule has 0 fully saturated rings. The van der Waals surface area contributed by atoms with Gasteiger partial charge >= 0.3 is 0 Å². The first-order valence-corrected chi connectivity index (χ1v) is 7.14. The van der Waals surface area contributed by atoms with Crippen molar-refractivity contribution < 1.29 is 0 Å². The highest BCUT2D eigenvalue weighted by molar-refractivity contribution is 6.15. The van der Waals surface area contributed by atoms with Crippen molar-refractivity contribution in [3.63, 3.8) is 0 Å². The van der Waals surface area contributed by atoms with Gasteiger partial charge in [-0.3, -0.25) is 4.79 Å². The second-order valence-electron chi connectivity index (χ2n) is 5.32. The Morgan fingerprint density at radius 1 is 0.818 bits per heavy atom. The zero-order valence-corrected chi connectivity index (χ0v) is 11.8. The molecule has 0 aliphatic rings. The quantitative estimate of drug-likeness (QED) is 0.521. The van der Waals surface area contributed by atoms with Crippen LogP contribution in [0.5, 0.6) is 0 Å². The number of nitrogens with one attached hydrogen (secondary N) is 1. The highest BCUT2D eigenvalue weighted by Gasteiger charge is 2.14. The average Bonchev–Trinajstić information content (AvgIpc) is 2.57. The van der Waals surface area contributed by atoms with Gasteiger partial charge in [0.15, 0.2) is 0 Å². The summed E-state index contributed by atoms with van der Waals surface area (Å²) in [4.78, 5) is 15.1. The third kappa shape index (κ3) is 1.79. The summed E-state index contributed by atoms with van der Waals surface area (Å²) in [6, 6.07) is 21.9. The van der Waals surface area contributed by atoms with Crippen molar-refractivity contribution >= 4 is 27.4 Å². The van der Waals surface area contributed by atoms with Crippen molar-refractivity contribution in [3.05, 3.63) is 77.1 Å². The summed E-state index contributed by atoms with van der Waals surface area (Å²) in [5.74, 6) is 0. The van der Waals surface area contributed by atoms with Crippen LogP contribution in [0.25, 0.3) is 32.8 Å². The second kappa shape index (κ2) is 4.74. The fourth-order valence-corrected chi connectivity index (χ4v) is 2.99. The standard InChI is InChI=1S/C19H14N2O/c20-18-16(13-7-2-1-3-8-13)17-14-9-5-4-6-12(14)10-11-15(17)21-19(18)22/h1-11H,20H2,(H,21,22). The van der Waals surface area contributed by atoms with Gasteiger partial charge in [0.2, 0.25) is 0 Å². The molecule has 0 unspecified atom stereocenters. The molecule has 0 saturated heterocycles. The normalized spacial score (nSPS) is 11.1. The summed E-state index contributed by atoms with van der Waals surface area (Å²) >= 11 is 0. The van der Waals surface area contributed by atoms with Crippen LogP contribution in [0.3, 0.4) is 0 Å². The Morgan fingerprint density at radius 2 is 1.55 bits per heavy atom. The Kier molecular flexibility index (Phi) is 2.73. The summed E-state index contributed by atoms with van der Waals surface area (Å²) in [6.07, 6.45) is 0. The molecule has 0 aliphatic carbocycles. The molecule has 106 valence electrons. The molecule has 1 aromatic heterocycles. The molecule has 3 aromatic carbocycles. The Balaban J connectivity index is 2.29. The lowest BCUT2D eigenvalue weighted by Gasteiger charge is -2.12. The van der Waals surface area contributed by atoms with E-state index in [9.17, 15) is 4.79 Å². The van der Waals surface area contributed by atoms with Gasteiger partial charge in [-0.25, -0.2) is 0 Å². The number of anilines is 1. The van der Waals surface area contributed by atoms with E-state index < -0.39 is 0 Å². The lowest BCUT2D eigenvalue weighted by Crippen LogP contribution is -2.13. The van der Waals surface area contributed by atoms with E-state index in [1.54, 1.807) is 0 Å². The van der Waals surface area contributed by atoms with Crippen molar-refractivity contribution in [2.45, 2.75) is 0 Å². The van der Waals surface area contributed by atoms with Gasteiger partial charge in [-0.15, -0.1) is 0 Å². The number of H-pyrrole nitrogens is 1. The lowest BCUT2D eigenvalue weighted by molar-refractivity contribution is 1.31. The molecule has 0 aliphatic heterocycles. The summed E-state index contributed by atoms with van der Waals surface area (Å²) in [6.45, 7) is 0. The van der Waals surface area contributed by atoms with Gasteiger partial charge in [-0.1, -0.05) is 60.7 Å². The molecule has 0 amide bonds. The maximum Gasteiger partial charge on any atom is 0.272 e. The number of fused-ring (bicyclic) bond motifs is 3. The SMILES string of the molecule is Nc1c(-c2ccccc2)c2c(ccc3ccccc32)[nH]c1=O. The van der Waals surface area contributed by atoms with Crippen LogP contribution in [0.2, 0.25) is 0 Å². The fourth-order valence-electron chi connectivity index (χ4n) is 2.99. The number of aromatic amines is 1. The highest BCUT2D eigenvalue weighted by Crippen LogP contribution is 2.35. The molecule has 4 aromatic rings. The minimum Gasteiger partial charge on any atom is -0.394 e. The molecular formula is C19H14N2O. The molecule has 0 radical (unpaired) electrons. The van der Waals surface area contributed by atoms with E-state index in [1.165, 1.54) is 0 Å². The van der Waals surface area contributed by atoms with Crippen LogP contribution in [0.15, 0.2) is 71.5 Å². The third-order valence-electron chi connectivity index (χ3n) is 4.00. The lowest BCUT2D eigenvalue weighted by atomic mass is 9.95. The van der Waals surface area contributed by atoms with Crippen LogP contribution in [0, 0.1) is 0 Å². The number of nitrogen functional groups attached to an aromatic ring is 1. The van der Waals surface area contributed by atoms with Crippen LogP contribution in [0.1, 0.15) is 0 Å². The van der Waals surface area contributed by atoms with Crippen LogP contribution >= 0.6 is 0 Å². The van der Waals surface area contributed by atoms with E-state index in [0.29, 0.717) is 0 Å². The molecule has 3 heteroatoms. The molecule has 0 saturated carbocycles. The monoisotopic (exact) mass is 286 g/mol. The molecular weight excluding hydrogens is 272 g/mol. The molecule has 0 bridgehead atoms. The zero-order chi connectivity index (χ0) is 15.1. The number of rotatable bonds is 1. The zero-order valence-electron chi connectivity index (χ0n) is 11.8. The molecule has 22 heavy (non-hydrogen) atoms. The van der Waals surface area contributed by atoms with Gasteiger partial charge in [0, 0.05) is 16.5 Å². The number of aromatic nitrogens is 1. The number of nitrogens with two attached hydrogens (primary N) is 1. The highest BCUT2D eigenvalue weighted by atomic mass is 16.1. The van der Waals surface area contributed by atoms with E-state index in [1.807, 2.05) is 54.6 Å². The summed E-state index contributed by atoms with van der Waals surface area (Å²) < 4.78 is 0. The first kappa shape index (κ1) is 12.7. The summed E-state index contributed by atoms with van der Waals surface area (Å²) in [5.41, 5.74) is 8.69. The number of benzene rings is 3. The molecule has 3 nitrogen and oxygen atoms in total. The second-order valence-corrected chi connectivity index (χ2v) is 5.32. The summed E-state index contributed by atoms with van der Waals surface area (Å²) in [5, 5.41) is 3.20. The van der Waals surface area contributed by atoms with Crippen molar-refractivity contribution in [1.82, 2.24) is 4.98 Å². The predicted molar refractivity (Wildman–Crippen MR) is 91.9 cm³/mol. The van der Waals surface area contributed by atoms with Crippen LogP contribution < -0.4 is 11.3 Å². The smallest absolute Gasteiger partial charge is 0.272 e. The van der Waals surface area contributed by atoms with Gasteiger partial charge in [-0.05, 0) is 22.4 Å². The Hall–Kier alpha value is -3.07. The first-order valence-electron chi connectivity index (χ1n) is 7.14. The number of pyridine rings is 1. The maximum absolute atomic E-state index is 12.2. The largest absolute Gasteiger partial charge is 0.394 e. The van der Waals surface area contributed by atoms with Crippen molar-refractivity contribution in [2.24, 2.45) is 0 Å². The van der Waals surface area contributed by atoms with E-state index in [-0.39, 0.29) is 11.2 Å². The Morgan fingerprint density at radius 3 is 2.36 bits per heavy atom. The third-order valence-corrected chi connectivity index (χ3v) is 4.00. The topological polar surface area (TPSA) is 58.9 Å². The van der Waals surface area contributed by atoms with Crippen LogP contribution in [-0.4, -0.2) is 4.98 Å². The minimum absolute atomic E-state index is 0.248. The van der Waals surface area contributed by atoms with Crippen LogP contribution in [0.4, 0.5) is 5.69 Å². The summed E-state index contributed by atoms with van der Waals surface area (Å²) in [7, 11) is 0. The van der Waals surface area contributed by atoms with E-state index in [2.05, 4.69) is 17.1 Å². The van der Waals surface area contributed by atoms with Crippen molar-refractivity contribution in [2.75, 3.05) is 5.73 Å². The Bertz CT molecular complexity index is 1050. The number of hydrogen-bond donors (Lipinski definition) is 2. The van der Waals surface area contributed by atoms with Crippen molar-refractivity contribution in [3.8, 4) is 11.1 Å². The van der Waals surface area contributed by atoms with E-state index >= 15 is 0 Å².